The predicted octanol–water partition coefficient (Wildman–Crippen LogP) is 9.69. The van der Waals surface area contributed by atoms with E-state index in [0.717, 1.165) is 36.4 Å². The normalized spacial score (nSPS) is 15.4. The van der Waals surface area contributed by atoms with Crippen LogP contribution in [0.15, 0.2) is 65.1 Å². The molecular weight excluding hydrogens is 697 g/mol. The first-order chi connectivity index (χ1) is 19.5. The van der Waals surface area contributed by atoms with Crippen LogP contribution in [0.25, 0.3) is 6.08 Å². The third kappa shape index (κ3) is 7.42. The van der Waals surface area contributed by atoms with Gasteiger partial charge >= 0.3 is 12.4 Å². The monoisotopic (exact) mass is 712 g/mol. The van der Waals surface area contributed by atoms with Crippen LogP contribution in [0.3, 0.4) is 0 Å². The number of amides is 2. The molecule has 0 bridgehead atoms. The van der Waals surface area contributed by atoms with Gasteiger partial charge in [0, 0.05) is 10.2 Å². The van der Waals surface area contributed by atoms with E-state index in [4.69, 9.17) is 34.8 Å². The first-order valence-corrected chi connectivity index (χ1v) is 13.9. The van der Waals surface area contributed by atoms with Crippen LogP contribution in [0.1, 0.15) is 45.8 Å². The van der Waals surface area contributed by atoms with E-state index in [1.165, 1.54) is 30.3 Å². The van der Waals surface area contributed by atoms with E-state index in [0.29, 0.717) is 5.56 Å². The van der Waals surface area contributed by atoms with Crippen LogP contribution >= 0.6 is 50.7 Å². The van der Waals surface area contributed by atoms with E-state index < -0.39 is 41.2 Å². The zero-order valence-corrected chi connectivity index (χ0v) is 24.8. The lowest BCUT2D eigenvalue weighted by atomic mass is 9.97. The summed E-state index contributed by atoms with van der Waals surface area (Å²) in [6.45, 7) is 0. The molecule has 0 aliphatic heterocycles. The molecule has 0 spiro atoms. The predicted molar refractivity (Wildman–Crippen MR) is 153 cm³/mol. The Labute approximate surface area is 259 Å². The summed E-state index contributed by atoms with van der Waals surface area (Å²) >= 11 is 20.9. The van der Waals surface area contributed by atoms with Crippen LogP contribution in [0.4, 0.5) is 32.0 Å². The first kappa shape index (κ1) is 32.2. The minimum absolute atomic E-state index is 0.0640. The molecule has 42 heavy (non-hydrogen) atoms. The van der Waals surface area contributed by atoms with Crippen molar-refractivity contribution in [3.8, 4) is 0 Å². The summed E-state index contributed by atoms with van der Waals surface area (Å²) in [6.07, 6.45) is -6.62. The van der Waals surface area contributed by atoms with Crippen molar-refractivity contribution in [3.05, 3.63) is 102 Å². The zero-order chi connectivity index (χ0) is 31.0. The Bertz CT molecular complexity index is 1550. The average Bonchev–Trinajstić information content (AvgIpc) is 3.67. The molecule has 2 amide bonds. The van der Waals surface area contributed by atoms with E-state index in [1.54, 1.807) is 0 Å². The molecule has 1 atom stereocenters. The standard InChI is InChI=1S/C28H18BrCl3F6N2O2/c29-20-10-14(5-7-19(28(36,37)38)15-11-21(30)23(32)22(31)12-15)4-6-18(20)24(41)40-26(8-9-26)25(42)39-17-3-1-2-16(13-17)27(33,34)35/h1-7,10-13,19H,8-9H2,(H,39,42)(H,40,41). The van der Waals surface area contributed by atoms with E-state index in [-0.39, 0.29) is 49.2 Å². The molecule has 0 heterocycles. The molecule has 1 aliphatic rings. The number of anilines is 1. The van der Waals surface area contributed by atoms with Crippen LogP contribution < -0.4 is 10.6 Å². The molecule has 4 rings (SSSR count). The number of benzene rings is 3. The fraction of sp³-hybridized carbons (Fsp3) is 0.214. The maximum atomic E-state index is 13.8. The summed E-state index contributed by atoms with van der Waals surface area (Å²) in [7, 11) is 0. The smallest absolute Gasteiger partial charge is 0.338 e. The number of carbonyl (C=O) groups is 2. The fourth-order valence-corrected chi connectivity index (χ4v) is 5.22. The second-order valence-electron chi connectivity index (χ2n) is 9.49. The van der Waals surface area contributed by atoms with Crippen molar-refractivity contribution in [1.82, 2.24) is 5.32 Å². The van der Waals surface area contributed by atoms with Crippen molar-refractivity contribution in [2.24, 2.45) is 0 Å². The largest absolute Gasteiger partial charge is 0.416 e. The van der Waals surface area contributed by atoms with Gasteiger partial charge in [-0.2, -0.15) is 26.3 Å². The number of allylic oxidation sites excluding steroid dienone is 1. The van der Waals surface area contributed by atoms with E-state index in [1.807, 2.05) is 0 Å². The van der Waals surface area contributed by atoms with Crippen molar-refractivity contribution < 1.29 is 35.9 Å². The SMILES string of the molecule is O=C(NC1(C(=O)Nc2cccc(C(F)(F)F)c2)CC1)c1ccc(C=CC(c2cc(Cl)c(Cl)c(Cl)c2)C(F)(F)F)cc1Br. The van der Waals surface area contributed by atoms with Gasteiger partial charge in [0.1, 0.15) is 5.54 Å². The number of hydrogen-bond donors (Lipinski definition) is 2. The number of carbonyl (C=O) groups excluding carboxylic acids is 2. The highest BCUT2D eigenvalue weighted by Crippen LogP contribution is 2.41. The van der Waals surface area contributed by atoms with Gasteiger partial charge < -0.3 is 10.6 Å². The quantitative estimate of drug-likeness (QED) is 0.189. The highest BCUT2D eigenvalue weighted by Gasteiger charge is 2.51. The van der Waals surface area contributed by atoms with Crippen LogP contribution in [-0.2, 0) is 11.0 Å². The molecule has 3 aromatic rings. The third-order valence-corrected chi connectivity index (χ3v) is 8.27. The highest BCUT2D eigenvalue weighted by atomic mass is 79.9. The molecule has 1 unspecified atom stereocenters. The van der Waals surface area contributed by atoms with Crippen molar-refractivity contribution >= 4 is 74.3 Å². The summed E-state index contributed by atoms with van der Waals surface area (Å²) in [4.78, 5) is 25.8. The van der Waals surface area contributed by atoms with Gasteiger partial charge in [0.05, 0.1) is 32.1 Å². The molecule has 1 saturated carbocycles. The molecule has 2 N–H and O–H groups in total. The lowest BCUT2D eigenvalue weighted by molar-refractivity contribution is -0.139. The summed E-state index contributed by atoms with van der Waals surface area (Å²) < 4.78 is 80.8. The van der Waals surface area contributed by atoms with E-state index in [2.05, 4.69) is 26.6 Å². The Morgan fingerprint density at radius 2 is 1.57 bits per heavy atom. The van der Waals surface area contributed by atoms with Crippen molar-refractivity contribution in [1.29, 1.82) is 0 Å². The Morgan fingerprint density at radius 3 is 2.12 bits per heavy atom. The van der Waals surface area contributed by atoms with Crippen LogP contribution in [0.2, 0.25) is 15.1 Å². The van der Waals surface area contributed by atoms with Gasteiger partial charge in [-0.15, -0.1) is 0 Å². The second-order valence-corrected chi connectivity index (χ2v) is 11.5. The molecule has 3 aromatic carbocycles. The molecule has 1 fully saturated rings. The topological polar surface area (TPSA) is 58.2 Å². The van der Waals surface area contributed by atoms with Gasteiger partial charge in [0.25, 0.3) is 5.91 Å². The Morgan fingerprint density at radius 1 is 0.929 bits per heavy atom. The Kier molecular flexibility index (Phi) is 9.28. The van der Waals surface area contributed by atoms with Gasteiger partial charge in [-0.05, 0) is 82.4 Å². The molecular formula is C28H18BrCl3F6N2O2. The van der Waals surface area contributed by atoms with Gasteiger partial charge in [-0.3, -0.25) is 9.59 Å². The third-order valence-electron chi connectivity index (χ3n) is 6.42. The number of alkyl halides is 6. The molecule has 4 nitrogen and oxygen atoms in total. The van der Waals surface area contributed by atoms with Crippen LogP contribution in [-0.4, -0.2) is 23.5 Å². The molecule has 1 aliphatic carbocycles. The van der Waals surface area contributed by atoms with Gasteiger partial charge in [-0.1, -0.05) is 59.1 Å². The van der Waals surface area contributed by atoms with Gasteiger partial charge in [-0.25, -0.2) is 0 Å². The number of rotatable bonds is 7. The number of hydrogen-bond acceptors (Lipinski definition) is 2. The van der Waals surface area contributed by atoms with E-state index >= 15 is 0 Å². The van der Waals surface area contributed by atoms with Crippen LogP contribution in [0, 0.1) is 0 Å². The molecule has 0 radical (unpaired) electrons. The van der Waals surface area contributed by atoms with Crippen LogP contribution in [0.5, 0.6) is 0 Å². The lowest BCUT2D eigenvalue weighted by Crippen LogP contribution is -2.46. The maximum absolute atomic E-state index is 13.8. The number of halogens is 10. The molecule has 222 valence electrons. The summed E-state index contributed by atoms with van der Waals surface area (Å²) in [5.74, 6) is -3.39. The summed E-state index contributed by atoms with van der Waals surface area (Å²) in [6, 6.07) is 10.5. The Hall–Kier alpha value is -2.73. The van der Waals surface area contributed by atoms with E-state index in [9.17, 15) is 35.9 Å². The summed E-state index contributed by atoms with van der Waals surface area (Å²) in [5.41, 5.74) is -2.13. The molecule has 0 aromatic heterocycles. The first-order valence-electron chi connectivity index (χ1n) is 12.0. The van der Waals surface area contributed by atoms with Crippen molar-refractivity contribution in [2.75, 3.05) is 5.32 Å². The zero-order valence-electron chi connectivity index (χ0n) is 20.9. The number of nitrogens with one attached hydrogen (secondary N) is 2. The fourth-order valence-electron chi connectivity index (χ4n) is 4.03. The molecule has 0 saturated heterocycles. The van der Waals surface area contributed by atoms with Gasteiger partial charge in [0.2, 0.25) is 5.91 Å². The maximum Gasteiger partial charge on any atom is 0.416 e. The minimum atomic E-state index is -4.68. The van der Waals surface area contributed by atoms with Crippen molar-refractivity contribution in [2.45, 2.75) is 36.7 Å². The lowest BCUT2D eigenvalue weighted by Gasteiger charge is -2.19. The average molecular weight is 715 g/mol. The highest BCUT2D eigenvalue weighted by molar-refractivity contribution is 9.10. The summed E-state index contributed by atoms with van der Waals surface area (Å²) in [5, 5.41) is 4.70. The minimum Gasteiger partial charge on any atom is -0.338 e. The van der Waals surface area contributed by atoms with Gasteiger partial charge in [0.15, 0.2) is 0 Å². The van der Waals surface area contributed by atoms with Crippen molar-refractivity contribution in [3.63, 3.8) is 0 Å². The Balaban J connectivity index is 1.48. The second kappa shape index (κ2) is 12.1. The molecule has 14 heteroatoms.